The zero-order valence-corrected chi connectivity index (χ0v) is 18.4. The molecule has 7 nitrogen and oxygen atoms in total. The number of furan rings is 1. The van der Waals surface area contributed by atoms with E-state index in [0.717, 1.165) is 42.5 Å². The first kappa shape index (κ1) is 20.5. The molecule has 1 aliphatic rings. The summed E-state index contributed by atoms with van der Waals surface area (Å²) in [6, 6.07) is 8.26. The molecule has 0 aliphatic heterocycles. The Hall–Kier alpha value is -3.39. The summed E-state index contributed by atoms with van der Waals surface area (Å²) in [7, 11) is 0. The van der Waals surface area contributed by atoms with E-state index in [4.69, 9.17) is 8.83 Å². The molecule has 8 heteroatoms. The highest BCUT2D eigenvalue weighted by molar-refractivity contribution is 7.17. The smallest absolute Gasteiger partial charge is 0.302 e. The number of nitrogens with one attached hydrogen (secondary N) is 2. The minimum Gasteiger partial charge on any atom is -0.425 e. The van der Waals surface area contributed by atoms with E-state index < -0.39 is 5.91 Å². The van der Waals surface area contributed by atoms with E-state index in [9.17, 15) is 14.4 Å². The zero-order chi connectivity index (χ0) is 22.2. The molecule has 1 aliphatic carbocycles. The van der Waals surface area contributed by atoms with E-state index in [1.54, 1.807) is 24.3 Å². The minimum atomic E-state index is -0.525. The van der Waals surface area contributed by atoms with Crippen LogP contribution >= 0.6 is 11.3 Å². The van der Waals surface area contributed by atoms with Crippen LogP contribution in [0.1, 0.15) is 57.5 Å². The molecule has 32 heavy (non-hydrogen) atoms. The quantitative estimate of drug-likeness (QED) is 0.452. The first-order valence-electron chi connectivity index (χ1n) is 10.8. The number of fused-ring (bicyclic) bond motifs is 3. The van der Waals surface area contributed by atoms with Crippen molar-refractivity contribution in [1.82, 2.24) is 5.32 Å². The van der Waals surface area contributed by atoms with Crippen molar-refractivity contribution in [3.8, 4) is 0 Å². The van der Waals surface area contributed by atoms with Gasteiger partial charge in [-0.25, -0.2) is 0 Å². The van der Waals surface area contributed by atoms with Gasteiger partial charge in [0.2, 0.25) is 5.43 Å². The van der Waals surface area contributed by atoms with Crippen LogP contribution in [0.25, 0.3) is 22.1 Å². The van der Waals surface area contributed by atoms with E-state index in [1.807, 2.05) is 6.92 Å². The first-order chi connectivity index (χ1) is 15.6. The number of carbonyl (C=O) groups excluding carboxylic acids is 2. The Morgan fingerprint density at radius 1 is 1.06 bits per heavy atom. The van der Waals surface area contributed by atoms with Gasteiger partial charge in [-0.1, -0.05) is 19.1 Å². The van der Waals surface area contributed by atoms with Crippen LogP contribution in [-0.4, -0.2) is 18.4 Å². The van der Waals surface area contributed by atoms with Crippen molar-refractivity contribution in [2.45, 2.75) is 39.0 Å². The van der Waals surface area contributed by atoms with Crippen molar-refractivity contribution in [3.05, 3.63) is 62.3 Å². The second kappa shape index (κ2) is 8.27. The van der Waals surface area contributed by atoms with E-state index in [-0.39, 0.29) is 28.3 Å². The number of aryl methyl sites for hydroxylation is 1. The predicted octanol–water partition coefficient (Wildman–Crippen LogP) is 4.87. The molecule has 0 atom stereocenters. The van der Waals surface area contributed by atoms with E-state index in [0.29, 0.717) is 28.1 Å². The summed E-state index contributed by atoms with van der Waals surface area (Å²) in [5.41, 5.74) is 1.71. The normalized spacial score (nSPS) is 13.3. The number of anilines is 1. The maximum Gasteiger partial charge on any atom is 0.302 e. The molecule has 1 aromatic carbocycles. The maximum atomic E-state index is 13.0. The molecule has 2 N–H and O–H groups in total. The fourth-order valence-corrected chi connectivity index (χ4v) is 5.38. The van der Waals surface area contributed by atoms with Gasteiger partial charge in [-0.2, -0.15) is 0 Å². The molecule has 3 aromatic heterocycles. The van der Waals surface area contributed by atoms with Crippen LogP contribution in [0.2, 0.25) is 0 Å². The summed E-state index contributed by atoms with van der Waals surface area (Å²) in [4.78, 5) is 39.8. The number of para-hydroxylation sites is 1. The lowest BCUT2D eigenvalue weighted by molar-refractivity contribution is 0.0954. The first-order valence-corrected chi connectivity index (χ1v) is 11.6. The molecule has 2 amide bonds. The number of thiophene rings is 1. The Kier molecular flexibility index (Phi) is 5.30. The van der Waals surface area contributed by atoms with Gasteiger partial charge >= 0.3 is 5.78 Å². The van der Waals surface area contributed by atoms with Crippen LogP contribution < -0.4 is 16.1 Å². The summed E-state index contributed by atoms with van der Waals surface area (Å²) in [5, 5.41) is 6.91. The SMILES string of the molecule is CCCNC(=O)c1c(NC(=O)c2cc3c(=O)c4ccccc4oc3o2)sc2c1CCCC2. The monoisotopic (exact) mass is 450 g/mol. The molecule has 164 valence electrons. The number of hydrogen-bond acceptors (Lipinski definition) is 6. The van der Waals surface area contributed by atoms with Crippen molar-refractivity contribution < 1.29 is 18.4 Å². The van der Waals surface area contributed by atoms with E-state index in [1.165, 1.54) is 17.4 Å². The number of rotatable bonds is 5. The molecule has 0 unspecified atom stereocenters. The van der Waals surface area contributed by atoms with Crippen molar-refractivity contribution in [2.24, 2.45) is 0 Å². The third-order valence-electron chi connectivity index (χ3n) is 5.66. The minimum absolute atomic E-state index is 0.00485. The van der Waals surface area contributed by atoms with Gasteiger partial charge in [-0.15, -0.1) is 11.3 Å². The highest BCUT2D eigenvalue weighted by Crippen LogP contribution is 2.38. The number of amides is 2. The van der Waals surface area contributed by atoms with Gasteiger partial charge < -0.3 is 19.5 Å². The fourth-order valence-electron chi connectivity index (χ4n) is 4.09. The Morgan fingerprint density at radius 2 is 1.88 bits per heavy atom. The second-order valence-corrected chi connectivity index (χ2v) is 8.97. The second-order valence-electron chi connectivity index (χ2n) is 7.86. The van der Waals surface area contributed by atoms with Gasteiger partial charge in [0.1, 0.15) is 16.0 Å². The van der Waals surface area contributed by atoms with Gasteiger partial charge in [-0.05, 0) is 49.8 Å². The van der Waals surface area contributed by atoms with Crippen LogP contribution in [0.4, 0.5) is 5.00 Å². The lowest BCUT2D eigenvalue weighted by atomic mass is 9.95. The maximum absolute atomic E-state index is 13.0. The molecule has 0 radical (unpaired) electrons. The van der Waals surface area contributed by atoms with Crippen LogP contribution in [0.15, 0.2) is 44.0 Å². The molecule has 0 saturated heterocycles. The topological polar surface area (TPSA) is 102 Å². The van der Waals surface area contributed by atoms with Gasteiger partial charge in [-0.3, -0.25) is 14.4 Å². The standard InChI is InChI=1S/C24H22N2O5S/c1-2-11-25-22(29)19-14-8-4-6-10-18(14)32-23(19)26-21(28)17-12-15-20(27)13-7-3-5-9-16(13)30-24(15)31-17/h3,5,7,9,12H,2,4,6,8,10-11H2,1H3,(H,25,29)(H,26,28). The molecule has 0 saturated carbocycles. The average molecular weight is 451 g/mol. The summed E-state index contributed by atoms with van der Waals surface area (Å²) in [6.07, 6.45) is 4.65. The lowest BCUT2D eigenvalue weighted by Crippen LogP contribution is -2.26. The van der Waals surface area contributed by atoms with Crippen LogP contribution in [-0.2, 0) is 12.8 Å². The van der Waals surface area contributed by atoms with Crippen LogP contribution in [0.5, 0.6) is 0 Å². The molecule has 5 rings (SSSR count). The van der Waals surface area contributed by atoms with Crippen molar-refractivity contribution >= 4 is 50.3 Å². The molecular weight excluding hydrogens is 428 g/mol. The zero-order valence-electron chi connectivity index (χ0n) is 17.6. The number of carbonyl (C=O) groups is 2. The molecule has 0 fully saturated rings. The molecular formula is C24H22N2O5S. The third-order valence-corrected chi connectivity index (χ3v) is 6.87. The van der Waals surface area contributed by atoms with Gasteiger partial charge in [0.05, 0.1) is 10.9 Å². The Labute approximate surface area is 187 Å². The van der Waals surface area contributed by atoms with E-state index in [2.05, 4.69) is 10.6 Å². The predicted molar refractivity (Wildman–Crippen MR) is 124 cm³/mol. The molecule has 4 aromatic rings. The molecule has 0 spiro atoms. The lowest BCUT2D eigenvalue weighted by Gasteiger charge is -2.13. The van der Waals surface area contributed by atoms with Crippen LogP contribution in [0.3, 0.4) is 0 Å². The third kappa shape index (κ3) is 3.50. The summed E-state index contributed by atoms with van der Waals surface area (Å²) in [6.45, 7) is 2.56. The Bertz CT molecular complexity index is 1410. The highest BCUT2D eigenvalue weighted by Gasteiger charge is 2.27. The fraction of sp³-hybridized carbons (Fsp3) is 0.292. The summed E-state index contributed by atoms with van der Waals surface area (Å²) < 4.78 is 11.3. The van der Waals surface area contributed by atoms with Crippen molar-refractivity contribution in [1.29, 1.82) is 0 Å². The summed E-state index contributed by atoms with van der Waals surface area (Å²) in [5.74, 6) is -0.732. The number of hydrogen-bond donors (Lipinski definition) is 2. The summed E-state index contributed by atoms with van der Waals surface area (Å²) >= 11 is 1.44. The Morgan fingerprint density at radius 3 is 2.72 bits per heavy atom. The Balaban J connectivity index is 1.51. The average Bonchev–Trinajstić information content (AvgIpc) is 3.39. The van der Waals surface area contributed by atoms with Gasteiger partial charge in [0.15, 0.2) is 5.76 Å². The van der Waals surface area contributed by atoms with Gasteiger partial charge in [0.25, 0.3) is 11.8 Å². The number of benzene rings is 1. The van der Waals surface area contributed by atoms with Crippen molar-refractivity contribution in [2.75, 3.05) is 11.9 Å². The van der Waals surface area contributed by atoms with Crippen molar-refractivity contribution in [3.63, 3.8) is 0 Å². The van der Waals surface area contributed by atoms with Gasteiger partial charge in [0, 0.05) is 17.5 Å². The molecule has 3 heterocycles. The molecule has 0 bridgehead atoms. The van der Waals surface area contributed by atoms with Crippen LogP contribution in [0, 0.1) is 0 Å². The highest BCUT2D eigenvalue weighted by atomic mass is 32.1. The van der Waals surface area contributed by atoms with E-state index >= 15 is 0 Å². The largest absolute Gasteiger partial charge is 0.425 e.